The van der Waals surface area contributed by atoms with Crippen molar-refractivity contribution in [2.75, 3.05) is 0 Å². The first-order valence-electron chi connectivity index (χ1n) is 3.38. The summed E-state index contributed by atoms with van der Waals surface area (Å²) in [7, 11) is 0. The molecule has 0 aliphatic carbocycles. The van der Waals surface area contributed by atoms with Gasteiger partial charge in [-0.05, 0) is 6.07 Å². The van der Waals surface area contributed by atoms with Crippen molar-refractivity contribution in [1.82, 2.24) is 0 Å². The van der Waals surface area contributed by atoms with Gasteiger partial charge in [-0.25, -0.2) is 17.8 Å². The Balaban J connectivity index is 3.59. The van der Waals surface area contributed by atoms with Crippen LogP contribution < -0.4 is 0 Å². The van der Waals surface area contributed by atoms with Gasteiger partial charge in [0.15, 0.2) is 22.7 Å². The summed E-state index contributed by atoms with van der Waals surface area (Å²) in [6.45, 7) is 0. The largest absolute Gasteiger partial charge is 0.478 e. The fraction of sp³-hybridized carbons (Fsp3) is 0. The summed E-state index contributed by atoms with van der Waals surface area (Å²) in [5, 5.41) is 7.37. The molecule has 2 N–H and O–H groups in total. The lowest BCUT2D eigenvalue weighted by Gasteiger charge is -2.04. The highest BCUT2D eigenvalue weighted by atomic mass is 35.5. The highest BCUT2D eigenvalue weighted by Gasteiger charge is 2.23. The van der Waals surface area contributed by atoms with Crippen LogP contribution in [-0.4, -0.2) is 19.8 Å². The molecule has 1 unspecified atom stereocenters. The summed E-state index contributed by atoms with van der Waals surface area (Å²) in [6, 6.07) is 0.426. The van der Waals surface area contributed by atoms with Crippen LogP contribution in [0, 0.1) is 11.6 Å². The van der Waals surface area contributed by atoms with Crippen molar-refractivity contribution in [3.8, 4) is 0 Å². The Morgan fingerprint density at radius 2 is 1.93 bits per heavy atom. The van der Waals surface area contributed by atoms with Gasteiger partial charge in [-0.15, -0.1) is 0 Å². The van der Waals surface area contributed by atoms with E-state index in [1.807, 2.05) is 0 Å². The average Bonchev–Trinajstić information content (AvgIpc) is 2.13. The number of aromatic carboxylic acids is 1. The van der Waals surface area contributed by atoms with Gasteiger partial charge in [-0.2, -0.15) is 0 Å². The molecule has 1 aromatic rings. The second-order valence-electron chi connectivity index (χ2n) is 2.42. The summed E-state index contributed by atoms with van der Waals surface area (Å²) in [5.41, 5.74) is -0.959. The van der Waals surface area contributed by atoms with Gasteiger partial charge in [0.25, 0.3) is 0 Å². The monoisotopic (exact) mass is 256 g/mol. The van der Waals surface area contributed by atoms with E-state index in [0.29, 0.717) is 6.07 Å². The quantitative estimate of drug-likeness (QED) is 0.626. The number of halogens is 3. The Kier molecular flexibility index (Phi) is 3.38. The molecule has 0 saturated heterocycles. The Morgan fingerprint density at radius 3 is 2.33 bits per heavy atom. The maximum absolute atomic E-state index is 13.0. The topological polar surface area (TPSA) is 74.6 Å². The fourth-order valence-electron chi connectivity index (χ4n) is 0.863. The molecule has 0 amide bonds. The predicted octanol–water partition coefficient (Wildman–Crippen LogP) is 1.90. The molecule has 0 aliphatic heterocycles. The maximum atomic E-state index is 13.0. The molecular weight excluding hydrogens is 254 g/mol. The van der Waals surface area contributed by atoms with Gasteiger partial charge in [0, 0.05) is 0 Å². The lowest BCUT2D eigenvalue weighted by Crippen LogP contribution is -2.06. The number of carbonyl (C=O) groups is 1. The lowest BCUT2D eigenvalue weighted by molar-refractivity contribution is 0.0691. The van der Waals surface area contributed by atoms with E-state index in [1.165, 1.54) is 0 Å². The van der Waals surface area contributed by atoms with Crippen molar-refractivity contribution < 1.29 is 27.4 Å². The molecule has 0 aliphatic rings. The van der Waals surface area contributed by atoms with Gasteiger partial charge in [-0.1, -0.05) is 11.6 Å². The normalized spacial score (nSPS) is 12.5. The first kappa shape index (κ1) is 12.0. The second-order valence-corrected chi connectivity index (χ2v) is 3.73. The van der Waals surface area contributed by atoms with Crippen molar-refractivity contribution in [1.29, 1.82) is 0 Å². The molecule has 0 fully saturated rings. The van der Waals surface area contributed by atoms with Gasteiger partial charge in [0.1, 0.15) is 9.92 Å². The smallest absolute Gasteiger partial charge is 0.338 e. The summed E-state index contributed by atoms with van der Waals surface area (Å²) in [6.07, 6.45) is 0. The molecule has 8 heteroatoms. The highest BCUT2D eigenvalue weighted by molar-refractivity contribution is 7.79. The Bertz CT molecular complexity index is 425. The zero-order valence-corrected chi connectivity index (χ0v) is 8.40. The van der Waals surface area contributed by atoms with E-state index in [0.717, 1.165) is 0 Å². The van der Waals surface area contributed by atoms with Gasteiger partial charge < -0.3 is 9.66 Å². The molecule has 0 spiro atoms. The SMILES string of the molecule is O=C(O)c1cc(S(=O)O)c(F)c(Cl)c1F. The molecule has 1 aromatic carbocycles. The van der Waals surface area contributed by atoms with Crippen LogP contribution in [0.4, 0.5) is 8.78 Å². The summed E-state index contributed by atoms with van der Waals surface area (Å²) in [4.78, 5) is 9.58. The standard InChI is InChI=1S/C7H3ClF2O4S/c8-4-5(9)2(7(11)12)1-3(6(4)10)15(13)14/h1H,(H,11,12)(H,13,14). The number of hydrogen-bond donors (Lipinski definition) is 2. The molecular formula is C7H3ClF2O4S. The predicted molar refractivity (Wildman–Crippen MR) is 47.4 cm³/mol. The Morgan fingerprint density at radius 1 is 1.40 bits per heavy atom. The van der Waals surface area contributed by atoms with E-state index in [-0.39, 0.29) is 0 Å². The third kappa shape index (κ3) is 2.14. The molecule has 15 heavy (non-hydrogen) atoms. The Hall–Kier alpha value is -1.05. The van der Waals surface area contributed by atoms with Crippen molar-refractivity contribution in [3.05, 3.63) is 28.3 Å². The fourth-order valence-corrected chi connectivity index (χ4v) is 1.60. The van der Waals surface area contributed by atoms with E-state index >= 15 is 0 Å². The molecule has 0 bridgehead atoms. The van der Waals surface area contributed by atoms with Crippen LogP contribution in [0.3, 0.4) is 0 Å². The van der Waals surface area contributed by atoms with Crippen LogP contribution in [-0.2, 0) is 11.1 Å². The third-order valence-corrected chi connectivity index (χ3v) is 2.54. The first-order chi connectivity index (χ1) is 6.86. The summed E-state index contributed by atoms with van der Waals surface area (Å²) < 4.78 is 45.2. The van der Waals surface area contributed by atoms with Crippen LogP contribution in [0.5, 0.6) is 0 Å². The van der Waals surface area contributed by atoms with Crippen LogP contribution >= 0.6 is 11.6 Å². The molecule has 0 radical (unpaired) electrons. The maximum Gasteiger partial charge on any atom is 0.338 e. The van der Waals surface area contributed by atoms with Gasteiger partial charge in [0.2, 0.25) is 0 Å². The molecule has 0 saturated carbocycles. The average molecular weight is 257 g/mol. The zero-order valence-electron chi connectivity index (χ0n) is 6.83. The number of rotatable bonds is 2. The van der Waals surface area contributed by atoms with E-state index < -0.39 is 44.2 Å². The molecule has 4 nitrogen and oxygen atoms in total. The van der Waals surface area contributed by atoms with E-state index in [9.17, 15) is 17.8 Å². The third-order valence-electron chi connectivity index (χ3n) is 1.53. The van der Waals surface area contributed by atoms with Crippen molar-refractivity contribution in [3.63, 3.8) is 0 Å². The number of hydrogen-bond acceptors (Lipinski definition) is 2. The van der Waals surface area contributed by atoms with Crippen LogP contribution in [0.15, 0.2) is 11.0 Å². The molecule has 82 valence electrons. The number of carboxylic acid groups (broad SMARTS) is 1. The summed E-state index contributed by atoms with van der Waals surface area (Å²) >= 11 is 2.34. The minimum Gasteiger partial charge on any atom is -0.478 e. The minimum atomic E-state index is -2.78. The Labute approximate surface area is 89.8 Å². The minimum absolute atomic E-state index is 0.426. The van der Waals surface area contributed by atoms with Crippen LogP contribution in [0.2, 0.25) is 5.02 Å². The van der Waals surface area contributed by atoms with E-state index in [2.05, 4.69) is 0 Å². The first-order valence-corrected chi connectivity index (χ1v) is 4.86. The van der Waals surface area contributed by atoms with Gasteiger partial charge in [-0.3, -0.25) is 0 Å². The molecule has 1 atom stereocenters. The van der Waals surface area contributed by atoms with Crippen LogP contribution in [0.1, 0.15) is 10.4 Å². The van der Waals surface area contributed by atoms with Crippen LogP contribution in [0.25, 0.3) is 0 Å². The van der Waals surface area contributed by atoms with Crippen molar-refractivity contribution in [2.24, 2.45) is 0 Å². The second kappa shape index (κ2) is 4.21. The lowest BCUT2D eigenvalue weighted by atomic mass is 10.2. The number of carboxylic acids is 1. The van der Waals surface area contributed by atoms with Crippen molar-refractivity contribution >= 4 is 28.7 Å². The van der Waals surface area contributed by atoms with Crippen molar-refractivity contribution in [2.45, 2.75) is 4.90 Å². The van der Waals surface area contributed by atoms with E-state index in [1.54, 1.807) is 0 Å². The molecule has 1 rings (SSSR count). The van der Waals surface area contributed by atoms with Gasteiger partial charge in [0.05, 0.1) is 5.56 Å². The molecule has 0 aromatic heterocycles. The highest BCUT2D eigenvalue weighted by Crippen LogP contribution is 2.27. The number of benzene rings is 1. The van der Waals surface area contributed by atoms with Gasteiger partial charge >= 0.3 is 5.97 Å². The van der Waals surface area contributed by atoms with E-state index in [4.69, 9.17) is 21.3 Å². The zero-order chi connectivity index (χ0) is 11.7. The molecule has 0 heterocycles. The summed E-state index contributed by atoms with van der Waals surface area (Å²) in [5.74, 6) is -4.63.